The first kappa shape index (κ1) is 18.9. The molecule has 0 aliphatic carbocycles. The largest absolute Gasteiger partial charge is 0.326 e. The Hall–Kier alpha value is -1.08. The van der Waals surface area contributed by atoms with Crippen molar-refractivity contribution in [3.8, 4) is 0 Å². The highest BCUT2D eigenvalue weighted by Crippen LogP contribution is 2.19. The summed E-state index contributed by atoms with van der Waals surface area (Å²) in [4.78, 5) is 0. The second kappa shape index (κ2) is 10.7. The third kappa shape index (κ3) is 6.91. The molecule has 0 radical (unpaired) electrons. The van der Waals surface area contributed by atoms with Crippen LogP contribution in [0.25, 0.3) is 0 Å². The molecule has 0 aromatic heterocycles. The normalized spacial score (nSPS) is 16.6. The molecule has 0 spiro atoms. The van der Waals surface area contributed by atoms with Crippen LogP contribution in [0, 0.1) is 5.92 Å². The molecule has 0 aromatic carbocycles. The van der Waals surface area contributed by atoms with Crippen LogP contribution in [0.1, 0.15) is 60.8 Å². The minimum Gasteiger partial charge on any atom is -0.326 e. The first-order chi connectivity index (χ1) is 9.49. The van der Waals surface area contributed by atoms with E-state index in [9.17, 15) is 0 Å². The Labute approximate surface area is 126 Å². The summed E-state index contributed by atoms with van der Waals surface area (Å²) in [7, 11) is 0. The molecule has 1 unspecified atom stereocenters. The number of allylic oxidation sites excluding steroid dienone is 6. The van der Waals surface area contributed by atoms with Gasteiger partial charge in [0.15, 0.2) is 0 Å². The molecule has 1 atom stereocenters. The SMILES string of the molecule is C\C=C/C(CC)=C(C)/C(=C\C=C(/C)CC(C)CC)CN. The predicted molar refractivity (Wildman–Crippen MR) is 92.8 cm³/mol. The number of nitrogens with two attached hydrogens (primary N) is 1. The molecule has 1 nitrogen and oxygen atoms in total. The van der Waals surface area contributed by atoms with Crippen LogP contribution in [0.3, 0.4) is 0 Å². The minimum atomic E-state index is 0.597. The maximum atomic E-state index is 5.92. The topological polar surface area (TPSA) is 26.0 Å². The molecule has 114 valence electrons. The summed E-state index contributed by atoms with van der Waals surface area (Å²) in [6, 6.07) is 0. The Bertz CT molecular complexity index is 394. The average Bonchev–Trinajstić information content (AvgIpc) is 2.44. The van der Waals surface area contributed by atoms with Crippen LogP contribution in [0.15, 0.2) is 46.6 Å². The molecule has 0 aliphatic heterocycles. The van der Waals surface area contributed by atoms with Crippen molar-refractivity contribution in [2.45, 2.75) is 60.8 Å². The molecule has 0 aliphatic rings. The summed E-state index contributed by atoms with van der Waals surface area (Å²) in [5, 5.41) is 0. The Balaban J connectivity index is 5.16. The molecule has 0 fully saturated rings. The van der Waals surface area contributed by atoms with Crippen LogP contribution in [-0.2, 0) is 0 Å². The van der Waals surface area contributed by atoms with Gasteiger partial charge in [-0.3, -0.25) is 0 Å². The third-order valence-electron chi connectivity index (χ3n) is 3.87. The van der Waals surface area contributed by atoms with Crippen molar-refractivity contribution in [3.63, 3.8) is 0 Å². The molecule has 20 heavy (non-hydrogen) atoms. The standard InChI is InChI=1S/C19H33N/c1-7-10-18(9-3)17(6)19(14-20)12-11-16(5)13-15(4)8-2/h7,10-12,15H,8-9,13-14,20H2,1-6H3/b10-7-,16-11+,18-17+,19-12-. The molecule has 2 N–H and O–H groups in total. The summed E-state index contributed by atoms with van der Waals surface area (Å²) in [6.45, 7) is 13.8. The van der Waals surface area contributed by atoms with Crippen molar-refractivity contribution >= 4 is 0 Å². The Morgan fingerprint density at radius 1 is 1.15 bits per heavy atom. The summed E-state index contributed by atoms with van der Waals surface area (Å²) >= 11 is 0. The third-order valence-corrected chi connectivity index (χ3v) is 3.87. The van der Waals surface area contributed by atoms with Gasteiger partial charge in [0.1, 0.15) is 0 Å². The quantitative estimate of drug-likeness (QED) is 0.577. The zero-order valence-corrected chi connectivity index (χ0v) is 14.3. The summed E-state index contributed by atoms with van der Waals surface area (Å²) < 4.78 is 0. The molecule has 1 heteroatoms. The van der Waals surface area contributed by atoms with E-state index in [1.165, 1.54) is 35.1 Å². The molecule has 0 saturated carbocycles. The van der Waals surface area contributed by atoms with Gasteiger partial charge in [0, 0.05) is 6.54 Å². The maximum absolute atomic E-state index is 5.92. The molecule has 0 heterocycles. The van der Waals surface area contributed by atoms with Gasteiger partial charge < -0.3 is 5.73 Å². The van der Waals surface area contributed by atoms with Gasteiger partial charge in [-0.15, -0.1) is 0 Å². The van der Waals surface area contributed by atoms with Crippen molar-refractivity contribution < 1.29 is 0 Å². The molecule has 0 amide bonds. The minimum absolute atomic E-state index is 0.597. The van der Waals surface area contributed by atoms with Gasteiger partial charge in [-0.2, -0.15) is 0 Å². The van der Waals surface area contributed by atoms with Crippen molar-refractivity contribution in [2.24, 2.45) is 11.7 Å². The van der Waals surface area contributed by atoms with E-state index in [0.717, 1.165) is 12.3 Å². The predicted octanol–water partition coefficient (Wildman–Crippen LogP) is 5.56. The van der Waals surface area contributed by atoms with Crippen molar-refractivity contribution in [2.75, 3.05) is 6.54 Å². The van der Waals surface area contributed by atoms with E-state index < -0.39 is 0 Å². The van der Waals surface area contributed by atoms with E-state index in [-0.39, 0.29) is 0 Å². The van der Waals surface area contributed by atoms with Crippen LogP contribution in [0.4, 0.5) is 0 Å². The van der Waals surface area contributed by atoms with Gasteiger partial charge in [0.2, 0.25) is 0 Å². The zero-order valence-electron chi connectivity index (χ0n) is 14.3. The lowest BCUT2D eigenvalue weighted by atomic mass is 9.96. The van der Waals surface area contributed by atoms with Crippen molar-refractivity contribution in [1.29, 1.82) is 0 Å². The zero-order chi connectivity index (χ0) is 15.5. The molecule has 0 rings (SSSR count). The summed E-state index contributed by atoms with van der Waals surface area (Å²) in [6.07, 6.45) is 12.2. The lowest BCUT2D eigenvalue weighted by Gasteiger charge is -2.11. The fourth-order valence-electron chi connectivity index (χ4n) is 2.27. The average molecular weight is 275 g/mol. The summed E-state index contributed by atoms with van der Waals surface area (Å²) in [5.74, 6) is 0.756. The fraction of sp³-hybridized carbons (Fsp3) is 0.579. The molecular weight excluding hydrogens is 242 g/mol. The van der Waals surface area contributed by atoms with E-state index >= 15 is 0 Å². The molecule has 0 bridgehead atoms. The Morgan fingerprint density at radius 3 is 2.25 bits per heavy atom. The van der Waals surface area contributed by atoms with Crippen LogP contribution in [-0.4, -0.2) is 6.54 Å². The van der Waals surface area contributed by atoms with Gasteiger partial charge in [-0.25, -0.2) is 0 Å². The van der Waals surface area contributed by atoms with Crippen molar-refractivity contribution in [3.05, 3.63) is 46.6 Å². The van der Waals surface area contributed by atoms with Crippen LogP contribution >= 0.6 is 0 Å². The van der Waals surface area contributed by atoms with Gasteiger partial charge >= 0.3 is 0 Å². The molecular formula is C19H33N. The Morgan fingerprint density at radius 2 is 1.80 bits per heavy atom. The van der Waals surface area contributed by atoms with Gasteiger partial charge in [0.05, 0.1) is 0 Å². The van der Waals surface area contributed by atoms with E-state index in [1.807, 2.05) is 0 Å². The monoisotopic (exact) mass is 275 g/mol. The summed E-state index contributed by atoms with van der Waals surface area (Å²) in [5.41, 5.74) is 11.3. The number of hydrogen-bond acceptors (Lipinski definition) is 1. The van der Waals surface area contributed by atoms with Gasteiger partial charge in [0.25, 0.3) is 0 Å². The van der Waals surface area contributed by atoms with E-state index in [0.29, 0.717) is 6.54 Å². The van der Waals surface area contributed by atoms with Crippen LogP contribution in [0.2, 0.25) is 0 Å². The van der Waals surface area contributed by atoms with Crippen LogP contribution in [0.5, 0.6) is 0 Å². The highest BCUT2D eigenvalue weighted by molar-refractivity contribution is 5.41. The lowest BCUT2D eigenvalue weighted by Crippen LogP contribution is -2.05. The molecule has 0 aromatic rings. The second-order valence-electron chi connectivity index (χ2n) is 5.63. The smallest absolute Gasteiger partial charge is 0.0180 e. The maximum Gasteiger partial charge on any atom is 0.0180 e. The van der Waals surface area contributed by atoms with E-state index in [2.05, 4.69) is 65.8 Å². The van der Waals surface area contributed by atoms with Crippen molar-refractivity contribution in [1.82, 2.24) is 0 Å². The highest BCUT2D eigenvalue weighted by atomic mass is 14.5. The first-order valence-electron chi connectivity index (χ1n) is 7.89. The number of hydrogen-bond donors (Lipinski definition) is 1. The lowest BCUT2D eigenvalue weighted by molar-refractivity contribution is 0.557. The Kier molecular flexibility index (Phi) is 10.1. The number of rotatable bonds is 8. The second-order valence-corrected chi connectivity index (χ2v) is 5.63. The molecule has 0 saturated heterocycles. The first-order valence-corrected chi connectivity index (χ1v) is 7.89. The van der Waals surface area contributed by atoms with Gasteiger partial charge in [-0.05, 0) is 56.3 Å². The highest BCUT2D eigenvalue weighted by Gasteiger charge is 2.03. The van der Waals surface area contributed by atoms with E-state index in [1.54, 1.807) is 0 Å². The van der Waals surface area contributed by atoms with E-state index in [4.69, 9.17) is 5.73 Å². The fourth-order valence-corrected chi connectivity index (χ4v) is 2.27. The van der Waals surface area contributed by atoms with Gasteiger partial charge in [-0.1, -0.05) is 57.1 Å². The van der Waals surface area contributed by atoms with Crippen LogP contribution < -0.4 is 5.73 Å².